The minimum absolute atomic E-state index is 0.666. The van der Waals surface area contributed by atoms with Crippen LogP contribution in [0, 0.1) is 11.3 Å². The standard InChI is InChI=1S/C17H10BrNS/c18-16-9-12(11-19)5-8-17(16)20-15-7-6-13-3-1-2-4-14(13)10-15/h1-10H. The van der Waals surface area contributed by atoms with E-state index in [4.69, 9.17) is 5.26 Å². The fraction of sp³-hybridized carbons (Fsp3) is 0. The Bertz CT molecular complexity index is 821. The smallest absolute Gasteiger partial charge is 0.0992 e. The van der Waals surface area contributed by atoms with Crippen LogP contribution in [0.4, 0.5) is 0 Å². The van der Waals surface area contributed by atoms with Crippen molar-refractivity contribution in [1.29, 1.82) is 5.26 Å². The first-order chi connectivity index (χ1) is 9.76. The molecule has 96 valence electrons. The lowest BCUT2D eigenvalue weighted by Gasteiger charge is -2.06. The molecule has 3 heteroatoms. The number of hydrogen-bond acceptors (Lipinski definition) is 2. The largest absolute Gasteiger partial charge is 0.192 e. The number of rotatable bonds is 2. The van der Waals surface area contributed by atoms with Crippen LogP contribution in [0.3, 0.4) is 0 Å². The van der Waals surface area contributed by atoms with Crippen molar-refractivity contribution in [1.82, 2.24) is 0 Å². The Morgan fingerprint density at radius 3 is 2.45 bits per heavy atom. The molecule has 0 saturated carbocycles. The molecule has 0 aliphatic heterocycles. The molecule has 0 aromatic heterocycles. The molecule has 0 N–H and O–H groups in total. The van der Waals surface area contributed by atoms with Crippen molar-refractivity contribution < 1.29 is 0 Å². The van der Waals surface area contributed by atoms with Crippen LogP contribution in [0.2, 0.25) is 0 Å². The van der Waals surface area contributed by atoms with E-state index in [0.29, 0.717) is 5.56 Å². The molecule has 0 atom stereocenters. The van der Waals surface area contributed by atoms with Gasteiger partial charge >= 0.3 is 0 Å². The van der Waals surface area contributed by atoms with Crippen molar-refractivity contribution in [3.8, 4) is 6.07 Å². The van der Waals surface area contributed by atoms with E-state index in [9.17, 15) is 0 Å². The van der Waals surface area contributed by atoms with E-state index in [2.05, 4.69) is 58.4 Å². The zero-order valence-corrected chi connectivity index (χ0v) is 12.9. The fourth-order valence-electron chi connectivity index (χ4n) is 2.01. The molecule has 0 radical (unpaired) electrons. The van der Waals surface area contributed by atoms with Crippen LogP contribution in [0.25, 0.3) is 10.8 Å². The molecule has 3 rings (SSSR count). The SMILES string of the molecule is N#Cc1ccc(Sc2ccc3ccccc3c2)c(Br)c1. The maximum absolute atomic E-state index is 8.88. The minimum atomic E-state index is 0.666. The van der Waals surface area contributed by atoms with Crippen LogP contribution >= 0.6 is 27.7 Å². The van der Waals surface area contributed by atoms with Crippen molar-refractivity contribution in [2.24, 2.45) is 0 Å². The molecule has 20 heavy (non-hydrogen) atoms. The van der Waals surface area contributed by atoms with E-state index in [1.165, 1.54) is 15.7 Å². The van der Waals surface area contributed by atoms with Gasteiger partial charge < -0.3 is 0 Å². The number of benzene rings is 3. The van der Waals surface area contributed by atoms with Gasteiger partial charge in [0, 0.05) is 14.3 Å². The van der Waals surface area contributed by atoms with Crippen LogP contribution in [-0.2, 0) is 0 Å². The molecule has 0 spiro atoms. The Morgan fingerprint density at radius 1 is 0.900 bits per heavy atom. The zero-order chi connectivity index (χ0) is 13.9. The quantitative estimate of drug-likeness (QED) is 0.604. The number of fused-ring (bicyclic) bond motifs is 1. The molecule has 1 nitrogen and oxygen atoms in total. The molecule has 0 fully saturated rings. The molecular weight excluding hydrogens is 330 g/mol. The molecule has 0 aliphatic carbocycles. The molecule has 3 aromatic rings. The van der Waals surface area contributed by atoms with E-state index in [0.717, 1.165) is 9.37 Å². The van der Waals surface area contributed by atoms with Gasteiger partial charge in [-0.15, -0.1) is 0 Å². The Morgan fingerprint density at radius 2 is 1.70 bits per heavy atom. The molecule has 0 saturated heterocycles. The van der Waals surface area contributed by atoms with Crippen LogP contribution in [0.1, 0.15) is 5.56 Å². The number of nitrogens with zero attached hydrogens (tertiary/aromatic N) is 1. The lowest BCUT2D eigenvalue weighted by atomic mass is 10.1. The summed E-state index contributed by atoms with van der Waals surface area (Å²) < 4.78 is 0.953. The first kappa shape index (κ1) is 13.2. The molecule has 0 amide bonds. The molecule has 0 aliphatic rings. The summed E-state index contributed by atoms with van der Waals surface area (Å²) in [5.41, 5.74) is 0.666. The van der Waals surface area contributed by atoms with Gasteiger partial charge in [-0.3, -0.25) is 0 Å². The number of hydrogen-bond donors (Lipinski definition) is 0. The maximum atomic E-state index is 8.88. The Balaban J connectivity index is 1.95. The molecule has 0 bridgehead atoms. The summed E-state index contributed by atoms with van der Waals surface area (Å²) >= 11 is 5.22. The fourth-order valence-corrected chi connectivity index (χ4v) is 3.50. The second-order valence-electron chi connectivity index (χ2n) is 4.37. The van der Waals surface area contributed by atoms with Crippen LogP contribution in [0.15, 0.2) is 74.9 Å². The van der Waals surface area contributed by atoms with Crippen molar-refractivity contribution in [2.45, 2.75) is 9.79 Å². The summed E-state index contributed by atoms with van der Waals surface area (Å²) in [6.07, 6.45) is 0. The topological polar surface area (TPSA) is 23.8 Å². The van der Waals surface area contributed by atoms with Crippen LogP contribution < -0.4 is 0 Å². The Labute approximate surface area is 130 Å². The monoisotopic (exact) mass is 339 g/mol. The second kappa shape index (κ2) is 5.70. The van der Waals surface area contributed by atoms with E-state index in [-0.39, 0.29) is 0 Å². The molecular formula is C17H10BrNS. The van der Waals surface area contributed by atoms with Crippen LogP contribution in [-0.4, -0.2) is 0 Å². The second-order valence-corrected chi connectivity index (χ2v) is 6.34. The van der Waals surface area contributed by atoms with Gasteiger partial charge in [0.15, 0.2) is 0 Å². The van der Waals surface area contributed by atoms with E-state index >= 15 is 0 Å². The predicted octanol–water partition coefficient (Wildman–Crippen LogP) is 5.63. The summed E-state index contributed by atoms with van der Waals surface area (Å²) in [5, 5.41) is 11.4. The molecule has 3 aromatic carbocycles. The first-order valence-corrected chi connectivity index (χ1v) is 7.73. The maximum Gasteiger partial charge on any atom is 0.0992 e. The van der Waals surface area contributed by atoms with Crippen LogP contribution in [0.5, 0.6) is 0 Å². The summed E-state index contributed by atoms with van der Waals surface area (Å²) in [7, 11) is 0. The highest BCUT2D eigenvalue weighted by atomic mass is 79.9. The van der Waals surface area contributed by atoms with Gasteiger partial charge in [0.2, 0.25) is 0 Å². The Hall–Kier alpha value is -1.76. The highest BCUT2D eigenvalue weighted by molar-refractivity contribution is 9.10. The van der Waals surface area contributed by atoms with Crippen molar-refractivity contribution in [3.05, 3.63) is 70.7 Å². The average Bonchev–Trinajstić information content (AvgIpc) is 2.49. The van der Waals surface area contributed by atoms with Gasteiger partial charge in [-0.05, 0) is 57.0 Å². The third-order valence-corrected chi connectivity index (χ3v) is 4.99. The van der Waals surface area contributed by atoms with Gasteiger partial charge in [0.05, 0.1) is 11.6 Å². The lowest BCUT2D eigenvalue weighted by Crippen LogP contribution is -1.80. The Kier molecular flexibility index (Phi) is 3.77. The zero-order valence-electron chi connectivity index (χ0n) is 10.5. The minimum Gasteiger partial charge on any atom is -0.192 e. The van der Waals surface area contributed by atoms with E-state index in [1.807, 2.05) is 24.3 Å². The van der Waals surface area contributed by atoms with Gasteiger partial charge in [-0.1, -0.05) is 42.1 Å². The van der Waals surface area contributed by atoms with E-state index < -0.39 is 0 Å². The summed E-state index contributed by atoms with van der Waals surface area (Å²) in [6.45, 7) is 0. The molecule has 0 heterocycles. The number of nitriles is 1. The summed E-state index contributed by atoms with van der Waals surface area (Å²) in [5.74, 6) is 0. The predicted molar refractivity (Wildman–Crippen MR) is 86.9 cm³/mol. The van der Waals surface area contributed by atoms with Gasteiger partial charge in [0.25, 0.3) is 0 Å². The third kappa shape index (κ3) is 2.72. The average molecular weight is 340 g/mol. The summed E-state index contributed by atoms with van der Waals surface area (Å²) in [4.78, 5) is 2.30. The highest BCUT2D eigenvalue weighted by Gasteiger charge is 2.04. The van der Waals surface area contributed by atoms with Gasteiger partial charge in [-0.2, -0.15) is 5.26 Å². The third-order valence-electron chi connectivity index (χ3n) is 3.01. The molecule has 0 unspecified atom stereocenters. The van der Waals surface area contributed by atoms with Gasteiger partial charge in [-0.25, -0.2) is 0 Å². The summed E-state index contributed by atoms with van der Waals surface area (Å²) in [6, 6.07) is 22.6. The first-order valence-electron chi connectivity index (χ1n) is 6.12. The van der Waals surface area contributed by atoms with Crippen molar-refractivity contribution >= 4 is 38.5 Å². The van der Waals surface area contributed by atoms with Crippen molar-refractivity contribution in [3.63, 3.8) is 0 Å². The lowest BCUT2D eigenvalue weighted by molar-refractivity contribution is 1.36. The van der Waals surface area contributed by atoms with Crippen molar-refractivity contribution in [2.75, 3.05) is 0 Å². The van der Waals surface area contributed by atoms with Gasteiger partial charge in [0.1, 0.15) is 0 Å². The number of halogens is 1. The van der Waals surface area contributed by atoms with E-state index in [1.54, 1.807) is 11.8 Å². The highest BCUT2D eigenvalue weighted by Crippen LogP contribution is 2.35. The normalized spacial score (nSPS) is 10.4.